The summed E-state index contributed by atoms with van der Waals surface area (Å²) in [6, 6.07) is 39.4. The molecule has 0 atom stereocenters. The molecule has 0 aliphatic rings. The molecule has 0 fully saturated rings. The molecule has 0 aliphatic heterocycles. The molecule has 0 N–H and O–H groups in total. The molecule has 0 aromatic heterocycles. The maximum atomic E-state index is 6.17. The Kier molecular flexibility index (Phi) is 8.09. The molecule has 32 heavy (non-hydrogen) atoms. The van der Waals surface area contributed by atoms with Crippen LogP contribution in [-0.2, 0) is 6.54 Å². The number of hydrogen-bond donors (Lipinski definition) is 0. The van der Waals surface area contributed by atoms with Gasteiger partial charge in [0, 0.05) is 0 Å². The number of aliphatic imine (C=N–C) groups is 1. The van der Waals surface area contributed by atoms with Gasteiger partial charge in [0.1, 0.15) is 0 Å². The Morgan fingerprint density at radius 1 is 0.719 bits per heavy atom. The van der Waals surface area contributed by atoms with Crippen molar-refractivity contribution in [3.8, 4) is 5.75 Å². The van der Waals surface area contributed by atoms with E-state index in [4.69, 9.17) is 9.73 Å². The van der Waals surface area contributed by atoms with E-state index in [1.54, 1.807) is 0 Å². The van der Waals surface area contributed by atoms with Crippen molar-refractivity contribution in [3.63, 3.8) is 0 Å². The number of benzene rings is 4. The van der Waals surface area contributed by atoms with E-state index in [0.717, 1.165) is 15.9 Å². The van der Waals surface area contributed by atoms with E-state index in [-0.39, 0.29) is 15.0 Å². The average molecular weight is 482 g/mol. The third kappa shape index (κ3) is 6.55. The molecule has 0 radical (unpaired) electrons. The summed E-state index contributed by atoms with van der Waals surface area (Å²) in [6.45, 7) is 1.17. The molecule has 0 saturated carbocycles. The molecule has 0 amide bonds. The number of rotatable bonds is 9. The van der Waals surface area contributed by atoms with Gasteiger partial charge < -0.3 is 0 Å². The molecule has 2 nitrogen and oxygen atoms in total. The van der Waals surface area contributed by atoms with Crippen LogP contribution in [0.1, 0.15) is 16.7 Å². The predicted molar refractivity (Wildman–Crippen MR) is 136 cm³/mol. The van der Waals surface area contributed by atoms with E-state index in [1.165, 1.54) is 15.6 Å². The Morgan fingerprint density at radius 2 is 1.34 bits per heavy atom. The fraction of sp³-hybridized carbons (Fsp3) is 0.0690. The van der Waals surface area contributed by atoms with Gasteiger partial charge in [-0.3, -0.25) is 0 Å². The summed E-state index contributed by atoms with van der Waals surface area (Å²) in [5.74, 6) is 0.870. The van der Waals surface area contributed by atoms with E-state index in [9.17, 15) is 0 Å². The Labute approximate surface area is 196 Å². The summed E-state index contributed by atoms with van der Waals surface area (Å²) < 4.78 is 8.56. The summed E-state index contributed by atoms with van der Waals surface area (Å²) in [7, 11) is 0. The Bertz CT molecular complexity index is 1160. The fourth-order valence-electron chi connectivity index (χ4n) is 3.17. The van der Waals surface area contributed by atoms with Crippen molar-refractivity contribution in [3.05, 3.63) is 138 Å². The van der Waals surface area contributed by atoms with E-state index in [2.05, 4.69) is 91.0 Å². The summed E-state index contributed by atoms with van der Waals surface area (Å²) in [6.07, 6.45) is 4.14. The summed E-state index contributed by atoms with van der Waals surface area (Å²) in [5, 5.41) is 0. The zero-order valence-corrected chi connectivity index (χ0v) is 19.5. The molecule has 0 saturated heterocycles. The monoisotopic (exact) mass is 483 g/mol. The topological polar surface area (TPSA) is 21.6 Å². The van der Waals surface area contributed by atoms with Crippen LogP contribution < -0.4 is 9.20 Å². The van der Waals surface area contributed by atoms with Crippen molar-refractivity contribution in [1.82, 2.24) is 0 Å². The molecule has 0 spiro atoms. The number of nitrogens with zero attached hydrogens (tertiary/aromatic N) is 1. The minimum atomic E-state index is 0.0788. The van der Waals surface area contributed by atoms with E-state index >= 15 is 0 Å². The van der Waals surface area contributed by atoms with Gasteiger partial charge in [0.2, 0.25) is 0 Å². The molecular weight excluding hydrogens is 457 g/mol. The molecular formula is C29H25NOSe. The van der Waals surface area contributed by atoms with E-state index < -0.39 is 0 Å². The van der Waals surface area contributed by atoms with Gasteiger partial charge in [-0.1, -0.05) is 0 Å². The third-order valence-electron chi connectivity index (χ3n) is 4.77. The quantitative estimate of drug-likeness (QED) is 0.220. The second-order valence-corrected chi connectivity index (χ2v) is 9.37. The number of hydrogen-bond acceptors (Lipinski definition) is 2. The molecule has 0 bridgehead atoms. The second-order valence-electron chi connectivity index (χ2n) is 7.14. The number of para-hydroxylation sites is 1. The van der Waals surface area contributed by atoms with Crippen LogP contribution in [0.5, 0.6) is 5.75 Å². The van der Waals surface area contributed by atoms with Crippen LogP contribution in [0.3, 0.4) is 0 Å². The van der Waals surface area contributed by atoms with Crippen molar-refractivity contribution in [2.45, 2.75) is 6.54 Å². The normalized spacial score (nSPS) is 11.6. The first-order chi connectivity index (χ1) is 15.9. The van der Waals surface area contributed by atoms with Gasteiger partial charge in [-0.2, -0.15) is 0 Å². The molecule has 3 heteroatoms. The zero-order chi connectivity index (χ0) is 21.8. The summed E-state index contributed by atoms with van der Waals surface area (Å²) in [4.78, 5) is 5.04. The maximum absolute atomic E-state index is 6.17. The van der Waals surface area contributed by atoms with Crippen LogP contribution in [-0.4, -0.2) is 26.2 Å². The predicted octanol–water partition coefficient (Wildman–Crippen LogP) is 5.76. The van der Waals surface area contributed by atoms with Crippen molar-refractivity contribution in [2.24, 2.45) is 4.99 Å². The van der Waals surface area contributed by atoms with Crippen LogP contribution in [0.25, 0.3) is 6.08 Å². The van der Waals surface area contributed by atoms with Gasteiger partial charge in [-0.25, -0.2) is 0 Å². The second kappa shape index (κ2) is 11.9. The van der Waals surface area contributed by atoms with Crippen molar-refractivity contribution in [2.75, 3.05) is 6.61 Å². The SMILES string of the molecule is C(=C\c1ccccc1)/COc1ccccc1C(=NCc1ccccc1)[Se]c1ccccc1. The first-order valence-electron chi connectivity index (χ1n) is 10.6. The van der Waals surface area contributed by atoms with Gasteiger partial charge in [-0.05, 0) is 0 Å². The molecule has 0 unspecified atom stereocenters. The van der Waals surface area contributed by atoms with Crippen LogP contribution in [0.2, 0.25) is 0 Å². The van der Waals surface area contributed by atoms with Gasteiger partial charge in [0.15, 0.2) is 0 Å². The fourth-order valence-corrected chi connectivity index (χ4v) is 5.11. The van der Waals surface area contributed by atoms with E-state index in [1.807, 2.05) is 36.4 Å². The molecule has 4 aromatic carbocycles. The first kappa shape index (κ1) is 21.8. The molecule has 4 rings (SSSR count). The van der Waals surface area contributed by atoms with Crippen LogP contribution in [0.4, 0.5) is 0 Å². The zero-order valence-electron chi connectivity index (χ0n) is 17.8. The van der Waals surface area contributed by atoms with Crippen molar-refractivity contribution >= 4 is 30.1 Å². The van der Waals surface area contributed by atoms with E-state index in [0.29, 0.717) is 13.2 Å². The Balaban J connectivity index is 1.55. The molecule has 158 valence electrons. The standard InChI is InChI=1S/C29H25NOSe/c1-4-13-24(14-5-1)17-12-22-31-28-21-11-10-20-27(28)29(32-26-18-8-3-9-19-26)30-23-25-15-6-2-7-16-25/h1-21H,22-23H2/b17-12+,30-29?. The van der Waals surface area contributed by atoms with Gasteiger partial charge in [0.05, 0.1) is 0 Å². The third-order valence-corrected chi connectivity index (χ3v) is 6.97. The number of ether oxygens (including phenoxy) is 1. The van der Waals surface area contributed by atoms with Crippen molar-refractivity contribution < 1.29 is 4.74 Å². The minimum absolute atomic E-state index is 0.0788. The molecule has 0 aliphatic carbocycles. The molecule has 4 aromatic rings. The van der Waals surface area contributed by atoms with Crippen LogP contribution in [0.15, 0.2) is 126 Å². The van der Waals surface area contributed by atoms with Crippen LogP contribution >= 0.6 is 0 Å². The Morgan fingerprint density at radius 3 is 2.09 bits per heavy atom. The summed E-state index contributed by atoms with van der Waals surface area (Å²) in [5.41, 5.74) is 3.44. The van der Waals surface area contributed by atoms with Crippen molar-refractivity contribution in [1.29, 1.82) is 0 Å². The molecule has 0 heterocycles. The Hall–Kier alpha value is -3.39. The van der Waals surface area contributed by atoms with Gasteiger partial charge >= 0.3 is 197 Å². The van der Waals surface area contributed by atoms with Gasteiger partial charge in [0.25, 0.3) is 0 Å². The average Bonchev–Trinajstić information content (AvgIpc) is 2.87. The van der Waals surface area contributed by atoms with Gasteiger partial charge in [-0.15, -0.1) is 0 Å². The van der Waals surface area contributed by atoms with Crippen LogP contribution in [0, 0.1) is 0 Å². The first-order valence-corrected chi connectivity index (χ1v) is 12.3. The summed E-state index contributed by atoms with van der Waals surface area (Å²) >= 11 is 0.0788.